The number of benzene rings is 2. The zero-order valence-corrected chi connectivity index (χ0v) is 18.3. The molecule has 0 N–H and O–H groups in total. The van der Waals surface area contributed by atoms with Gasteiger partial charge in [-0.2, -0.15) is 5.26 Å². The quantitative estimate of drug-likeness (QED) is 0.384. The summed E-state index contributed by atoms with van der Waals surface area (Å²) in [6.07, 6.45) is 3.49. The number of carbonyl (C=O) groups is 1. The molecule has 0 bridgehead atoms. The molecule has 32 heavy (non-hydrogen) atoms. The summed E-state index contributed by atoms with van der Waals surface area (Å²) in [5.41, 5.74) is 1.47. The van der Waals surface area contributed by atoms with Crippen molar-refractivity contribution in [3.63, 3.8) is 0 Å². The summed E-state index contributed by atoms with van der Waals surface area (Å²) in [5, 5.41) is 8.67. The van der Waals surface area contributed by atoms with Gasteiger partial charge in [-0.15, -0.1) is 0 Å². The van der Waals surface area contributed by atoms with Gasteiger partial charge in [0.25, 0.3) is 0 Å². The first-order valence-electron chi connectivity index (χ1n) is 9.92. The van der Waals surface area contributed by atoms with Crippen LogP contribution in [0.1, 0.15) is 12.8 Å². The molecule has 3 rings (SSSR count). The fourth-order valence-electron chi connectivity index (χ4n) is 3.28. The number of methoxy groups -OCH3 is 1. The van der Waals surface area contributed by atoms with Crippen LogP contribution in [0.15, 0.2) is 76.7 Å². The average Bonchev–Trinajstić information content (AvgIpc) is 2.80. The molecule has 0 saturated carbocycles. The zero-order valence-electron chi connectivity index (χ0n) is 17.5. The van der Waals surface area contributed by atoms with Crippen LogP contribution in [0.4, 0.5) is 0 Å². The second kappa shape index (κ2) is 10.1. The van der Waals surface area contributed by atoms with Gasteiger partial charge in [-0.05, 0) is 29.7 Å². The van der Waals surface area contributed by atoms with Gasteiger partial charge in [0.15, 0.2) is 15.3 Å². The van der Waals surface area contributed by atoms with Crippen LogP contribution in [0.2, 0.25) is 0 Å². The third-order valence-electron chi connectivity index (χ3n) is 4.91. The molecule has 8 heteroatoms. The first-order chi connectivity index (χ1) is 15.4. The molecule has 2 aromatic carbocycles. The van der Waals surface area contributed by atoms with Crippen molar-refractivity contribution in [1.29, 1.82) is 5.26 Å². The van der Waals surface area contributed by atoms with E-state index in [0.29, 0.717) is 16.7 Å². The maximum Gasteiger partial charge on any atom is 0.325 e. The van der Waals surface area contributed by atoms with Crippen LogP contribution in [-0.4, -0.2) is 31.8 Å². The number of pyridine rings is 1. The molecule has 0 aliphatic carbocycles. The number of aromatic nitrogens is 1. The minimum absolute atomic E-state index is 0.0805. The van der Waals surface area contributed by atoms with Crippen LogP contribution >= 0.6 is 0 Å². The first kappa shape index (κ1) is 23.0. The summed E-state index contributed by atoms with van der Waals surface area (Å²) in [6, 6.07) is 17.1. The summed E-state index contributed by atoms with van der Waals surface area (Å²) in [7, 11) is -2.32. The van der Waals surface area contributed by atoms with Gasteiger partial charge in [0.2, 0.25) is 0 Å². The lowest BCUT2D eigenvalue weighted by Crippen LogP contribution is -2.17. The molecule has 0 aliphatic rings. The number of nitriles is 1. The molecule has 0 unspecified atom stereocenters. The van der Waals surface area contributed by atoms with Crippen molar-refractivity contribution >= 4 is 15.8 Å². The first-order valence-corrected chi connectivity index (χ1v) is 11.6. The number of nitrogens with zero attached hydrogens (tertiary/aromatic N) is 2. The third kappa shape index (κ3) is 5.31. The highest BCUT2D eigenvalue weighted by Gasteiger charge is 2.18. The number of rotatable bonds is 8. The van der Waals surface area contributed by atoms with Crippen LogP contribution in [0.3, 0.4) is 0 Å². The van der Waals surface area contributed by atoms with Crippen LogP contribution in [0.5, 0.6) is 0 Å². The summed E-state index contributed by atoms with van der Waals surface area (Å²) in [4.78, 5) is 25.3. The maximum atomic E-state index is 13.3. The number of ether oxygens (including phenoxy) is 1. The topological polar surface area (TPSA) is 106 Å². The maximum absolute atomic E-state index is 13.3. The van der Waals surface area contributed by atoms with Crippen LogP contribution in [0, 0.1) is 11.3 Å². The zero-order chi connectivity index (χ0) is 23.1. The second-order valence-electron chi connectivity index (χ2n) is 7.14. The van der Waals surface area contributed by atoms with Gasteiger partial charge < -0.3 is 9.30 Å². The molecular weight excluding hydrogens is 428 g/mol. The number of hydrogen-bond donors (Lipinski definition) is 0. The Morgan fingerprint density at radius 3 is 2.34 bits per heavy atom. The minimum Gasteiger partial charge on any atom is -0.468 e. The van der Waals surface area contributed by atoms with Crippen molar-refractivity contribution in [2.45, 2.75) is 24.3 Å². The summed E-state index contributed by atoms with van der Waals surface area (Å²) < 4.78 is 31.6. The molecule has 0 radical (unpaired) electrons. The van der Waals surface area contributed by atoms with Crippen LogP contribution in [0.25, 0.3) is 22.3 Å². The number of hydrogen-bond acceptors (Lipinski definition) is 6. The lowest BCUT2D eigenvalue weighted by atomic mass is 10.0. The number of esters is 1. The Kier molecular flexibility index (Phi) is 7.23. The van der Waals surface area contributed by atoms with Gasteiger partial charge in [0.05, 0.1) is 23.8 Å². The number of unbranched alkanes of at least 4 members (excludes halogenated alkanes) is 1. The second-order valence-corrected chi connectivity index (χ2v) is 9.25. The Morgan fingerprint density at radius 1 is 1.03 bits per heavy atom. The van der Waals surface area contributed by atoms with E-state index in [-0.39, 0.29) is 41.0 Å². The molecule has 0 saturated heterocycles. The molecule has 164 valence electrons. The van der Waals surface area contributed by atoms with Crippen molar-refractivity contribution in [3.8, 4) is 28.3 Å². The fourth-order valence-corrected chi connectivity index (χ4v) is 4.63. The predicted octanol–water partition coefficient (Wildman–Crippen LogP) is 3.43. The summed E-state index contributed by atoms with van der Waals surface area (Å²) in [5.74, 6) is -0.631. The van der Waals surface area contributed by atoms with Gasteiger partial charge in [0, 0.05) is 29.9 Å². The van der Waals surface area contributed by atoms with E-state index in [2.05, 4.69) is 0 Å². The Hall–Kier alpha value is -3.70. The van der Waals surface area contributed by atoms with Crippen LogP contribution < -0.4 is 5.43 Å². The third-order valence-corrected chi connectivity index (χ3v) is 6.71. The van der Waals surface area contributed by atoms with E-state index >= 15 is 0 Å². The minimum atomic E-state index is -3.61. The molecule has 3 aromatic rings. The molecular formula is C24H22N2O5S. The molecule has 0 aliphatic heterocycles. The Balaban J connectivity index is 2.13. The van der Waals surface area contributed by atoms with E-state index in [1.165, 1.54) is 25.4 Å². The normalized spacial score (nSPS) is 11.0. The van der Waals surface area contributed by atoms with E-state index in [1.807, 2.05) is 12.1 Å². The highest BCUT2D eigenvalue weighted by Crippen LogP contribution is 2.24. The molecule has 1 aromatic heterocycles. The molecule has 0 spiro atoms. The largest absolute Gasteiger partial charge is 0.468 e. The van der Waals surface area contributed by atoms with Crippen molar-refractivity contribution < 1.29 is 17.9 Å². The molecule has 7 nitrogen and oxygen atoms in total. The molecule has 1 heterocycles. The molecule has 0 fully saturated rings. The molecule has 0 atom stereocenters. The lowest BCUT2D eigenvalue weighted by molar-refractivity contribution is -0.141. The van der Waals surface area contributed by atoms with E-state index in [4.69, 9.17) is 10.00 Å². The SMILES string of the molecule is COC(=O)Cn1cc(-c2ccccc2)c(=O)c(-c2cccc(S(=O)(=O)CCCC#N)c2)c1. The highest BCUT2D eigenvalue weighted by molar-refractivity contribution is 7.91. The van der Waals surface area contributed by atoms with Gasteiger partial charge in [-0.25, -0.2) is 8.42 Å². The Morgan fingerprint density at radius 2 is 1.69 bits per heavy atom. The van der Waals surface area contributed by atoms with Gasteiger partial charge >= 0.3 is 5.97 Å². The van der Waals surface area contributed by atoms with Crippen molar-refractivity contribution in [2.75, 3.05) is 12.9 Å². The van der Waals surface area contributed by atoms with E-state index in [1.54, 1.807) is 47.2 Å². The smallest absolute Gasteiger partial charge is 0.325 e. The van der Waals surface area contributed by atoms with Crippen LogP contribution in [-0.2, 0) is 25.9 Å². The van der Waals surface area contributed by atoms with Gasteiger partial charge in [-0.1, -0.05) is 42.5 Å². The fraction of sp³-hybridized carbons (Fsp3) is 0.208. The summed E-state index contributed by atoms with van der Waals surface area (Å²) >= 11 is 0. The number of sulfone groups is 1. The number of carbonyl (C=O) groups excluding carboxylic acids is 1. The van der Waals surface area contributed by atoms with Crippen molar-refractivity contribution in [2.24, 2.45) is 0 Å². The van der Waals surface area contributed by atoms with E-state index < -0.39 is 15.8 Å². The lowest BCUT2D eigenvalue weighted by Gasteiger charge is -2.13. The Bertz CT molecular complexity index is 1320. The monoisotopic (exact) mass is 450 g/mol. The highest BCUT2D eigenvalue weighted by atomic mass is 32.2. The van der Waals surface area contributed by atoms with Crippen molar-refractivity contribution in [1.82, 2.24) is 4.57 Å². The summed E-state index contributed by atoms with van der Waals surface area (Å²) in [6.45, 7) is -0.101. The van der Waals surface area contributed by atoms with Crippen molar-refractivity contribution in [3.05, 3.63) is 77.2 Å². The average molecular weight is 451 g/mol. The molecule has 0 amide bonds. The predicted molar refractivity (Wildman–Crippen MR) is 120 cm³/mol. The van der Waals surface area contributed by atoms with E-state index in [0.717, 1.165) is 0 Å². The van der Waals surface area contributed by atoms with Gasteiger partial charge in [-0.3, -0.25) is 9.59 Å². The van der Waals surface area contributed by atoms with E-state index in [9.17, 15) is 18.0 Å². The standard InChI is InChI=1S/C24H22N2O5S/c1-31-23(27)17-26-15-21(18-8-3-2-4-9-18)24(28)22(16-26)19-10-7-11-20(14-19)32(29,30)13-6-5-12-25/h2-4,7-11,14-16H,5-6,13,17H2,1H3. The Labute approximate surface area is 186 Å². The van der Waals surface area contributed by atoms with Gasteiger partial charge in [0.1, 0.15) is 6.54 Å².